The minimum Gasteiger partial charge on any atom is -0.493 e. The minimum atomic E-state index is -0.495. The lowest BCUT2D eigenvalue weighted by molar-refractivity contribution is -0.384. The first-order chi connectivity index (χ1) is 17.3. The monoisotopic (exact) mass is 623 g/mol. The maximum Gasteiger partial charge on any atom is 0.294 e. The zero-order valence-electron chi connectivity index (χ0n) is 19.3. The van der Waals surface area contributed by atoms with Gasteiger partial charge in [-0.2, -0.15) is 0 Å². The summed E-state index contributed by atoms with van der Waals surface area (Å²) in [5, 5.41) is 10.4. The molecule has 2 aliphatic heterocycles. The molecule has 0 saturated carbocycles. The van der Waals surface area contributed by atoms with Crippen molar-refractivity contribution < 1.29 is 28.8 Å². The predicted octanol–water partition coefficient (Wildman–Crippen LogP) is 4.45. The number of amides is 3. The van der Waals surface area contributed by atoms with Crippen LogP contribution in [0.5, 0.6) is 11.5 Å². The fraction of sp³-hybridized carbons (Fsp3) is 0.292. The topological polar surface area (TPSA) is 119 Å². The smallest absolute Gasteiger partial charge is 0.294 e. The summed E-state index contributed by atoms with van der Waals surface area (Å²) >= 11 is 2.89. The van der Waals surface area contributed by atoms with Crippen LogP contribution in [0.15, 0.2) is 41.3 Å². The number of ether oxygens (including phenoxy) is 2. The number of hydrogen-bond donors (Lipinski definition) is 0. The predicted molar refractivity (Wildman–Crippen MR) is 142 cm³/mol. The molecule has 188 valence electrons. The van der Waals surface area contributed by atoms with Gasteiger partial charge in [-0.3, -0.25) is 29.4 Å². The number of rotatable bonds is 8. The molecule has 12 heteroatoms. The normalized spacial score (nSPS) is 16.7. The quantitative estimate of drug-likeness (QED) is 0.183. The molecule has 0 radical (unpaired) electrons. The van der Waals surface area contributed by atoms with Crippen molar-refractivity contribution in [3.63, 3.8) is 0 Å². The van der Waals surface area contributed by atoms with Crippen LogP contribution in [0.4, 0.5) is 10.5 Å². The van der Waals surface area contributed by atoms with E-state index in [-0.39, 0.29) is 29.7 Å². The van der Waals surface area contributed by atoms with E-state index in [0.29, 0.717) is 33.7 Å². The largest absolute Gasteiger partial charge is 0.493 e. The molecule has 36 heavy (non-hydrogen) atoms. The standard InChI is InChI=1S/C24H22IN3O7S/c1-34-19-11-16(10-18(25)22(19)35-14-15-4-6-17(7-5-15)28(32)33)12-20-23(30)27(24(31)36-20)13-21(29)26-8-2-3-9-26/h4-7,10-12H,2-3,8-9,13-14H2,1H3/b20-12+. The molecule has 4 rings (SSSR count). The van der Waals surface area contributed by atoms with Gasteiger partial charge in [-0.1, -0.05) is 0 Å². The van der Waals surface area contributed by atoms with Crippen LogP contribution in [0.25, 0.3) is 6.08 Å². The number of likely N-dealkylation sites (tertiary alicyclic amines) is 1. The van der Waals surface area contributed by atoms with Crippen LogP contribution in [0.3, 0.4) is 0 Å². The van der Waals surface area contributed by atoms with Gasteiger partial charge in [-0.25, -0.2) is 0 Å². The molecular weight excluding hydrogens is 601 g/mol. The number of benzene rings is 2. The van der Waals surface area contributed by atoms with Gasteiger partial charge in [-0.15, -0.1) is 0 Å². The Morgan fingerprint density at radius 2 is 1.89 bits per heavy atom. The average molecular weight is 623 g/mol. The first-order valence-corrected chi connectivity index (χ1v) is 12.9. The molecule has 3 amide bonds. The van der Waals surface area contributed by atoms with E-state index in [4.69, 9.17) is 9.47 Å². The molecule has 2 aromatic carbocycles. The number of non-ortho nitro benzene ring substituents is 1. The summed E-state index contributed by atoms with van der Waals surface area (Å²) in [6.45, 7) is 1.23. The molecule has 2 fully saturated rings. The maximum absolute atomic E-state index is 12.8. The molecule has 2 saturated heterocycles. The van der Waals surface area contributed by atoms with E-state index in [1.807, 2.05) is 0 Å². The average Bonchev–Trinajstić information content (AvgIpc) is 3.48. The van der Waals surface area contributed by atoms with Crippen molar-refractivity contribution in [2.75, 3.05) is 26.7 Å². The second kappa shape index (κ2) is 11.3. The van der Waals surface area contributed by atoms with Gasteiger partial charge >= 0.3 is 0 Å². The van der Waals surface area contributed by atoms with Crippen molar-refractivity contribution in [3.8, 4) is 11.5 Å². The molecule has 2 aliphatic rings. The molecule has 0 N–H and O–H groups in total. The Balaban J connectivity index is 1.47. The lowest BCUT2D eigenvalue weighted by Crippen LogP contribution is -2.40. The van der Waals surface area contributed by atoms with E-state index in [9.17, 15) is 24.5 Å². The first-order valence-electron chi connectivity index (χ1n) is 11.0. The van der Waals surface area contributed by atoms with Gasteiger partial charge in [0.15, 0.2) is 11.5 Å². The number of methoxy groups -OCH3 is 1. The summed E-state index contributed by atoms with van der Waals surface area (Å²) in [6, 6.07) is 9.55. The van der Waals surface area contributed by atoms with Gasteiger partial charge in [0, 0.05) is 25.2 Å². The van der Waals surface area contributed by atoms with Crippen LogP contribution < -0.4 is 9.47 Å². The van der Waals surface area contributed by atoms with Crippen molar-refractivity contribution in [2.45, 2.75) is 19.4 Å². The number of halogens is 1. The van der Waals surface area contributed by atoms with Gasteiger partial charge in [0.2, 0.25) is 5.91 Å². The van der Waals surface area contributed by atoms with Crippen LogP contribution in [-0.4, -0.2) is 58.5 Å². The van der Waals surface area contributed by atoms with Gasteiger partial charge in [0.1, 0.15) is 13.2 Å². The van der Waals surface area contributed by atoms with E-state index in [0.717, 1.165) is 35.1 Å². The van der Waals surface area contributed by atoms with E-state index in [1.54, 1.807) is 35.2 Å². The molecule has 2 aromatic rings. The van der Waals surface area contributed by atoms with Gasteiger partial charge in [0.25, 0.3) is 16.8 Å². The lowest BCUT2D eigenvalue weighted by Gasteiger charge is -2.18. The Hall–Kier alpha value is -3.13. The number of nitro benzene ring substituents is 1. The summed E-state index contributed by atoms with van der Waals surface area (Å²) in [7, 11) is 1.49. The molecule has 0 bridgehead atoms. The molecule has 0 aliphatic carbocycles. The Morgan fingerprint density at radius 1 is 1.19 bits per heavy atom. The number of carbonyl (C=O) groups excluding carboxylic acids is 3. The third-order valence-electron chi connectivity index (χ3n) is 5.71. The van der Waals surface area contributed by atoms with Gasteiger partial charge in [-0.05, 0) is 88.7 Å². The van der Waals surface area contributed by atoms with E-state index < -0.39 is 16.1 Å². The summed E-state index contributed by atoms with van der Waals surface area (Å²) < 4.78 is 12.1. The Morgan fingerprint density at radius 3 is 2.53 bits per heavy atom. The second-order valence-electron chi connectivity index (χ2n) is 8.10. The van der Waals surface area contributed by atoms with Crippen molar-refractivity contribution in [1.82, 2.24) is 9.80 Å². The number of imide groups is 1. The summed E-state index contributed by atoms with van der Waals surface area (Å²) in [4.78, 5) is 51.0. The van der Waals surface area contributed by atoms with E-state index >= 15 is 0 Å². The van der Waals surface area contributed by atoms with E-state index in [1.165, 1.54) is 19.2 Å². The highest BCUT2D eigenvalue weighted by Gasteiger charge is 2.37. The Bertz CT molecular complexity index is 1240. The fourth-order valence-electron chi connectivity index (χ4n) is 3.82. The molecular formula is C24H22IN3O7S. The van der Waals surface area contributed by atoms with Crippen molar-refractivity contribution >= 4 is 63.2 Å². The van der Waals surface area contributed by atoms with Crippen LogP contribution in [-0.2, 0) is 16.2 Å². The number of hydrogen-bond acceptors (Lipinski definition) is 8. The Labute approximate surface area is 224 Å². The molecule has 0 atom stereocenters. The maximum atomic E-state index is 12.8. The second-order valence-corrected chi connectivity index (χ2v) is 10.3. The number of thioether (sulfide) groups is 1. The molecule has 0 spiro atoms. The minimum absolute atomic E-state index is 0.0000827. The molecule has 10 nitrogen and oxygen atoms in total. The Kier molecular flexibility index (Phi) is 8.14. The van der Waals surface area contributed by atoms with Gasteiger partial charge < -0.3 is 14.4 Å². The van der Waals surface area contributed by atoms with Crippen LogP contribution in [0.1, 0.15) is 24.0 Å². The molecule has 2 heterocycles. The van der Waals surface area contributed by atoms with Gasteiger partial charge in [0.05, 0.1) is 20.5 Å². The van der Waals surface area contributed by atoms with Crippen LogP contribution >= 0.6 is 34.4 Å². The summed E-state index contributed by atoms with van der Waals surface area (Å²) in [5.41, 5.74) is 1.38. The first kappa shape index (κ1) is 25.9. The number of nitrogens with zero attached hydrogens (tertiary/aromatic N) is 3. The highest BCUT2D eigenvalue weighted by Crippen LogP contribution is 2.37. The zero-order chi connectivity index (χ0) is 25.8. The highest BCUT2D eigenvalue weighted by atomic mass is 127. The molecule has 0 aromatic heterocycles. The number of carbonyl (C=O) groups is 3. The summed E-state index contributed by atoms with van der Waals surface area (Å²) in [6.07, 6.45) is 3.46. The zero-order valence-corrected chi connectivity index (χ0v) is 22.2. The number of nitro groups is 1. The van der Waals surface area contributed by atoms with Crippen LogP contribution in [0.2, 0.25) is 0 Å². The van der Waals surface area contributed by atoms with Crippen molar-refractivity contribution in [1.29, 1.82) is 0 Å². The van der Waals surface area contributed by atoms with E-state index in [2.05, 4.69) is 22.6 Å². The lowest BCUT2D eigenvalue weighted by atomic mass is 10.1. The molecule has 0 unspecified atom stereocenters. The third kappa shape index (κ3) is 5.81. The highest BCUT2D eigenvalue weighted by molar-refractivity contribution is 14.1. The summed E-state index contributed by atoms with van der Waals surface area (Å²) in [5.74, 6) is 0.197. The van der Waals surface area contributed by atoms with Crippen molar-refractivity contribution in [2.24, 2.45) is 0 Å². The van der Waals surface area contributed by atoms with Crippen LogP contribution in [0, 0.1) is 13.7 Å². The van der Waals surface area contributed by atoms with Crippen molar-refractivity contribution in [3.05, 3.63) is 66.1 Å². The SMILES string of the molecule is COc1cc(/C=C2/SC(=O)N(CC(=O)N3CCCC3)C2=O)cc(I)c1OCc1ccc([N+](=O)[O-])cc1. The fourth-order valence-corrected chi connectivity index (χ4v) is 5.44. The third-order valence-corrected chi connectivity index (χ3v) is 7.41.